The van der Waals surface area contributed by atoms with E-state index in [1.165, 1.54) is 11.0 Å². The molecule has 1 aliphatic rings. The third kappa shape index (κ3) is 3.55. The lowest BCUT2D eigenvalue weighted by molar-refractivity contribution is -0.119. The van der Waals surface area contributed by atoms with Crippen molar-refractivity contribution >= 4 is 17.5 Å². The summed E-state index contributed by atoms with van der Waals surface area (Å²) in [5, 5.41) is 14.0. The Morgan fingerprint density at radius 2 is 1.93 bits per heavy atom. The average molecular weight is 362 g/mol. The maximum atomic E-state index is 13.0. The molecule has 1 N–H and O–H groups in total. The van der Waals surface area contributed by atoms with Crippen LogP contribution in [0.1, 0.15) is 23.2 Å². The topological polar surface area (TPSA) is 93.0 Å². The quantitative estimate of drug-likeness (QED) is 0.765. The van der Waals surface area contributed by atoms with Crippen LogP contribution in [0.5, 0.6) is 0 Å². The molecule has 8 nitrogen and oxygen atoms in total. The Kier molecular flexibility index (Phi) is 4.61. The van der Waals surface area contributed by atoms with Crippen molar-refractivity contribution in [3.05, 3.63) is 66.5 Å². The van der Waals surface area contributed by atoms with Gasteiger partial charge in [0.1, 0.15) is 12.4 Å². The summed E-state index contributed by atoms with van der Waals surface area (Å²) in [5.74, 6) is -0.334. The molecule has 136 valence electrons. The summed E-state index contributed by atoms with van der Waals surface area (Å²) in [4.78, 5) is 27.3. The number of amides is 2. The summed E-state index contributed by atoms with van der Waals surface area (Å²) in [6.45, 7) is 0.556. The molecule has 2 amide bonds. The zero-order valence-electron chi connectivity index (χ0n) is 14.5. The lowest BCUT2D eigenvalue weighted by atomic mass is 10.1. The normalized spacial score (nSPS) is 16.3. The Morgan fingerprint density at radius 3 is 2.70 bits per heavy atom. The number of anilines is 1. The number of aromatic nitrogens is 4. The van der Waals surface area contributed by atoms with Gasteiger partial charge in [-0.3, -0.25) is 9.59 Å². The molecule has 2 heterocycles. The third-order valence-corrected chi connectivity index (χ3v) is 4.56. The first kappa shape index (κ1) is 16.9. The van der Waals surface area contributed by atoms with Crippen LogP contribution in [0.25, 0.3) is 5.69 Å². The van der Waals surface area contributed by atoms with Crippen LogP contribution in [0.3, 0.4) is 0 Å². The fourth-order valence-corrected chi connectivity index (χ4v) is 3.26. The van der Waals surface area contributed by atoms with Crippen LogP contribution in [-0.2, 0) is 4.79 Å². The van der Waals surface area contributed by atoms with E-state index in [9.17, 15) is 9.59 Å². The molecule has 1 fully saturated rings. The minimum atomic E-state index is -0.477. The number of nitrogens with zero attached hydrogens (tertiary/aromatic N) is 5. The van der Waals surface area contributed by atoms with Gasteiger partial charge in [0, 0.05) is 17.8 Å². The zero-order chi connectivity index (χ0) is 18.6. The Balaban J connectivity index is 1.52. The number of benzene rings is 2. The zero-order valence-corrected chi connectivity index (χ0v) is 14.5. The van der Waals surface area contributed by atoms with Crippen LogP contribution < -0.4 is 5.32 Å². The van der Waals surface area contributed by atoms with E-state index in [1.807, 2.05) is 36.4 Å². The number of para-hydroxylation sites is 1. The molecule has 1 saturated heterocycles. The average Bonchev–Trinajstić information content (AvgIpc) is 3.40. The predicted octanol–water partition coefficient (Wildman–Crippen LogP) is 1.91. The largest absolute Gasteiger partial charge is 0.327 e. The highest BCUT2D eigenvalue weighted by Crippen LogP contribution is 2.22. The van der Waals surface area contributed by atoms with Gasteiger partial charge in [-0.05, 0) is 53.6 Å². The second-order valence-corrected chi connectivity index (χ2v) is 6.32. The number of hydrogen-bond donors (Lipinski definition) is 1. The smallest absolute Gasteiger partial charge is 0.254 e. The maximum Gasteiger partial charge on any atom is 0.254 e. The number of nitrogens with one attached hydrogen (secondary N) is 1. The van der Waals surface area contributed by atoms with E-state index >= 15 is 0 Å². The Morgan fingerprint density at radius 1 is 1.07 bits per heavy atom. The van der Waals surface area contributed by atoms with Gasteiger partial charge in [0.05, 0.1) is 5.69 Å². The first-order chi connectivity index (χ1) is 13.2. The highest BCUT2D eigenvalue weighted by atomic mass is 16.2. The van der Waals surface area contributed by atoms with Gasteiger partial charge in [0.25, 0.3) is 5.91 Å². The van der Waals surface area contributed by atoms with Crippen LogP contribution in [0.15, 0.2) is 60.9 Å². The van der Waals surface area contributed by atoms with Crippen molar-refractivity contribution in [2.75, 3.05) is 11.9 Å². The van der Waals surface area contributed by atoms with Gasteiger partial charge in [-0.25, -0.2) is 4.68 Å². The van der Waals surface area contributed by atoms with Crippen LogP contribution in [0.2, 0.25) is 0 Å². The van der Waals surface area contributed by atoms with E-state index in [0.29, 0.717) is 24.2 Å². The molecule has 3 aromatic rings. The molecule has 2 aromatic carbocycles. The third-order valence-electron chi connectivity index (χ3n) is 4.56. The molecule has 1 atom stereocenters. The summed E-state index contributed by atoms with van der Waals surface area (Å²) in [6, 6.07) is 15.8. The van der Waals surface area contributed by atoms with Crippen molar-refractivity contribution in [3.8, 4) is 5.69 Å². The summed E-state index contributed by atoms with van der Waals surface area (Å²) in [7, 11) is 0. The van der Waals surface area contributed by atoms with Crippen LogP contribution >= 0.6 is 0 Å². The lowest BCUT2D eigenvalue weighted by Crippen LogP contribution is -2.43. The van der Waals surface area contributed by atoms with Crippen LogP contribution in [0.4, 0.5) is 5.69 Å². The molecular weight excluding hydrogens is 344 g/mol. The minimum absolute atomic E-state index is 0.163. The monoisotopic (exact) mass is 362 g/mol. The molecule has 4 rings (SSSR count). The van der Waals surface area contributed by atoms with E-state index < -0.39 is 6.04 Å². The van der Waals surface area contributed by atoms with E-state index in [2.05, 4.69) is 20.8 Å². The summed E-state index contributed by atoms with van der Waals surface area (Å²) < 4.78 is 1.49. The van der Waals surface area contributed by atoms with Gasteiger partial charge >= 0.3 is 0 Å². The van der Waals surface area contributed by atoms with E-state index in [0.717, 1.165) is 12.1 Å². The first-order valence-corrected chi connectivity index (χ1v) is 8.73. The fourth-order valence-electron chi connectivity index (χ4n) is 3.26. The number of rotatable bonds is 4. The van der Waals surface area contributed by atoms with Gasteiger partial charge in [-0.2, -0.15) is 0 Å². The van der Waals surface area contributed by atoms with Gasteiger partial charge in [0.2, 0.25) is 5.91 Å². The van der Waals surface area contributed by atoms with Crippen molar-refractivity contribution in [2.45, 2.75) is 18.9 Å². The van der Waals surface area contributed by atoms with Gasteiger partial charge in [-0.1, -0.05) is 24.3 Å². The molecule has 0 unspecified atom stereocenters. The number of hydrogen-bond acceptors (Lipinski definition) is 5. The molecular formula is C19H18N6O2. The SMILES string of the molecule is O=C(Nc1ccccc1)[C@@H]1CCCN1C(=O)c1cccc(-n2cnnn2)c1. The molecule has 1 aromatic heterocycles. The highest BCUT2D eigenvalue weighted by molar-refractivity contribution is 6.01. The Hall–Kier alpha value is -3.55. The van der Waals surface area contributed by atoms with Gasteiger partial charge < -0.3 is 10.2 Å². The minimum Gasteiger partial charge on any atom is -0.327 e. The van der Waals surface area contributed by atoms with Crippen molar-refractivity contribution in [1.29, 1.82) is 0 Å². The van der Waals surface area contributed by atoms with E-state index in [-0.39, 0.29) is 11.8 Å². The number of carbonyl (C=O) groups is 2. The van der Waals surface area contributed by atoms with Gasteiger partial charge in [-0.15, -0.1) is 5.10 Å². The van der Waals surface area contributed by atoms with Crippen LogP contribution in [-0.4, -0.2) is 49.5 Å². The maximum absolute atomic E-state index is 13.0. The number of tetrazole rings is 1. The lowest BCUT2D eigenvalue weighted by Gasteiger charge is -2.24. The predicted molar refractivity (Wildman–Crippen MR) is 98.3 cm³/mol. The standard InChI is InChI=1S/C19H18N6O2/c26-18(21-15-7-2-1-3-8-15)17-10-5-11-24(17)19(27)14-6-4-9-16(12-14)25-13-20-22-23-25/h1-4,6-9,12-13,17H,5,10-11H2,(H,21,26)/t17-/m0/s1. The second kappa shape index (κ2) is 7.36. The molecule has 0 radical (unpaired) electrons. The second-order valence-electron chi connectivity index (χ2n) is 6.32. The summed E-state index contributed by atoms with van der Waals surface area (Å²) in [5.41, 5.74) is 1.92. The van der Waals surface area contributed by atoms with Crippen molar-refractivity contribution in [3.63, 3.8) is 0 Å². The molecule has 0 spiro atoms. The van der Waals surface area contributed by atoms with Gasteiger partial charge in [0.15, 0.2) is 0 Å². The summed E-state index contributed by atoms with van der Waals surface area (Å²) in [6.07, 6.45) is 2.91. The molecule has 0 aliphatic carbocycles. The molecule has 27 heavy (non-hydrogen) atoms. The number of likely N-dealkylation sites (tertiary alicyclic amines) is 1. The number of carbonyl (C=O) groups excluding carboxylic acids is 2. The van der Waals surface area contributed by atoms with E-state index in [4.69, 9.17) is 0 Å². The van der Waals surface area contributed by atoms with Crippen molar-refractivity contribution < 1.29 is 9.59 Å². The van der Waals surface area contributed by atoms with Crippen LogP contribution in [0, 0.1) is 0 Å². The molecule has 8 heteroatoms. The Labute approximate surface area is 155 Å². The van der Waals surface area contributed by atoms with E-state index in [1.54, 1.807) is 23.1 Å². The molecule has 0 bridgehead atoms. The summed E-state index contributed by atoms with van der Waals surface area (Å²) >= 11 is 0. The first-order valence-electron chi connectivity index (χ1n) is 8.73. The van der Waals surface area contributed by atoms with Crippen molar-refractivity contribution in [2.24, 2.45) is 0 Å². The highest BCUT2D eigenvalue weighted by Gasteiger charge is 2.34. The van der Waals surface area contributed by atoms with Crippen molar-refractivity contribution in [1.82, 2.24) is 25.1 Å². The Bertz CT molecular complexity index is 942. The molecule has 1 aliphatic heterocycles. The molecule has 0 saturated carbocycles. The fraction of sp³-hybridized carbons (Fsp3) is 0.211.